The Bertz CT molecular complexity index is 468. The van der Waals surface area contributed by atoms with E-state index in [-0.39, 0.29) is 5.75 Å². The molecule has 114 valence electrons. The fourth-order valence-electron chi connectivity index (χ4n) is 1.88. The van der Waals surface area contributed by atoms with Crippen molar-refractivity contribution in [1.29, 1.82) is 0 Å². The predicted octanol–water partition coefficient (Wildman–Crippen LogP) is 3.03. The van der Waals surface area contributed by atoms with Crippen molar-refractivity contribution in [3.63, 3.8) is 0 Å². The minimum atomic E-state index is -2.92. The van der Waals surface area contributed by atoms with Crippen LogP contribution in [0.3, 0.4) is 0 Å². The molecular weight excluding hydrogens is 274 g/mol. The van der Waals surface area contributed by atoms with E-state index in [0.717, 1.165) is 31.4 Å². The zero-order chi connectivity index (χ0) is 14.8. The van der Waals surface area contributed by atoms with Gasteiger partial charge in [0.05, 0.1) is 18.1 Å². The lowest BCUT2D eigenvalue weighted by Gasteiger charge is -2.07. The van der Waals surface area contributed by atoms with E-state index in [0.29, 0.717) is 24.5 Å². The Kier molecular flexibility index (Phi) is 7.44. The molecule has 1 aromatic rings. The maximum absolute atomic E-state index is 11.8. The van der Waals surface area contributed by atoms with E-state index in [1.165, 1.54) is 0 Å². The number of anilines is 1. The second-order valence-electron chi connectivity index (χ2n) is 4.98. The van der Waals surface area contributed by atoms with Crippen molar-refractivity contribution in [1.82, 2.24) is 0 Å². The van der Waals surface area contributed by atoms with Gasteiger partial charge in [-0.2, -0.15) is 0 Å². The number of nitrogens with two attached hydrogens (primary N) is 1. The molecule has 20 heavy (non-hydrogen) atoms. The summed E-state index contributed by atoms with van der Waals surface area (Å²) in [7, 11) is -2.92. The van der Waals surface area contributed by atoms with Gasteiger partial charge >= 0.3 is 0 Å². The third-order valence-electron chi connectivity index (χ3n) is 3.06. The van der Waals surface area contributed by atoms with Gasteiger partial charge in [-0.3, -0.25) is 0 Å². The van der Waals surface area contributed by atoms with Crippen molar-refractivity contribution < 1.29 is 13.2 Å². The lowest BCUT2D eigenvalue weighted by Crippen LogP contribution is -2.13. The van der Waals surface area contributed by atoms with E-state index in [4.69, 9.17) is 10.5 Å². The molecule has 0 aliphatic carbocycles. The van der Waals surface area contributed by atoms with Crippen LogP contribution in [-0.2, 0) is 9.84 Å². The van der Waals surface area contributed by atoms with Gasteiger partial charge in [0.15, 0.2) is 0 Å². The fourth-order valence-corrected chi connectivity index (χ4v) is 3.29. The first-order valence-corrected chi connectivity index (χ1v) is 9.04. The van der Waals surface area contributed by atoms with Crippen LogP contribution in [0.5, 0.6) is 5.75 Å². The average Bonchev–Trinajstić information content (AvgIpc) is 2.42. The molecule has 0 heterocycles. The van der Waals surface area contributed by atoms with Gasteiger partial charge in [-0.1, -0.05) is 26.2 Å². The van der Waals surface area contributed by atoms with Crippen molar-refractivity contribution in [2.75, 3.05) is 23.8 Å². The molecule has 1 aromatic carbocycles. The number of ether oxygens (including phenoxy) is 1. The number of nitrogen functional groups attached to an aromatic ring is 1. The van der Waals surface area contributed by atoms with E-state index in [1.807, 2.05) is 0 Å². The zero-order valence-corrected chi connectivity index (χ0v) is 13.0. The van der Waals surface area contributed by atoms with Crippen molar-refractivity contribution in [3.8, 4) is 5.75 Å². The summed E-state index contributed by atoms with van der Waals surface area (Å²) < 4.78 is 29.0. The summed E-state index contributed by atoms with van der Waals surface area (Å²) >= 11 is 0. The topological polar surface area (TPSA) is 69.4 Å². The molecule has 0 aromatic heterocycles. The van der Waals surface area contributed by atoms with Crippen LogP contribution in [0.25, 0.3) is 0 Å². The van der Waals surface area contributed by atoms with Crippen LogP contribution in [0.1, 0.15) is 39.0 Å². The predicted molar refractivity (Wildman–Crippen MR) is 83.8 cm³/mol. The van der Waals surface area contributed by atoms with Gasteiger partial charge in [0.1, 0.15) is 15.6 Å². The number of hydrogen-bond donors (Lipinski definition) is 1. The molecular formula is C15H25NO3S. The Balaban J connectivity index is 2.17. The number of hydrogen-bond acceptors (Lipinski definition) is 4. The molecule has 0 spiro atoms. The Morgan fingerprint density at radius 2 is 1.65 bits per heavy atom. The van der Waals surface area contributed by atoms with Crippen molar-refractivity contribution in [3.05, 3.63) is 24.3 Å². The highest BCUT2D eigenvalue weighted by molar-refractivity contribution is 7.91. The normalized spacial score (nSPS) is 11.4. The Hall–Kier alpha value is -1.23. The van der Waals surface area contributed by atoms with Crippen LogP contribution >= 0.6 is 0 Å². The van der Waals surface area contributed by atoms with Crippen molar-refractivity contribution in [2.24, 2.45) is 0 Å². The zero-order valence-electron chi connectivity index (χ0n) is 12.2. The number of rotatable bonds is 10. The van der Waals surface area contributed by atoms with Gasteiger partial charge in [0.25, 0.3) is 0 Å². The third-order valence-corrected chi connectivity index (χ3v) is 4.88. The van der Waals surface area contributed by atoms with E-state index in [2.05, 4.69) is 6.92 Å². The summed E-state index contributed by atoms with van der Waals surface area (Å²) in [5, 5.41) is 0. The second kappa shape index (κ2) is 8.84. The van der Waals surface area contributed by atoms with Crippen LogP contribution in [-0.4, -0.2) is 26.5 Å². The summed E-state index contributed by atoms with van der Waals surface area (Å²) in [6.07, 6.45) is 4.53. The highest BCUT2D eigenvalue weighted by Gasteiger charge is 2.10. The van der Waals surface area contributed by atoms with Crippen molar-refractivity contribution >= 4 is 15.5 Å². The van der Waals surface area contributed by atoms with Crippen LogP contribution in [0.4, 0.5) is 5.69 Å². The van der Waals surface area contributed by atoms with Gasteiger partial charge in [-0.05, 0) is 37.1 Å². The summed E-state index contributed by atoms with van der Waals surface area (Å²) in [5.74, 6) is 1.22. The number of unbranched alkanes of at least 4 members (excludes halogenated alkanes) is 3. The SMILES string of the molecule is CCCCCCS(=O)(=O)CCCOc1ccc(N)cc1. The molecule has 5 heteroatoms. The molecule has 0 radical (unpaired) electrons. The lowest BCUT2D eigenvalue weighted by atomic mass is 10.2. The summed E-state index contributed by atoms with van der Waals surface area (Å²) in [6, 6.07) is 7.10. The smallest absolute Gasteiger partial charge is 0.150 e. The minimum Gasteiger partial charge on any atom is -0.494 e. The number of benzene rings is 1. The standard InChI is InChI=1S/C15H25NO3S/c1-2-3-4-5-12-20(17,18)13-6-11-19-15-9-7-14(16)8-10-15/h7-10H,2-6,11-13,16H2,1H3. The molecule has 0 saturated carbocycles. The van der Waals surface area contributed by atoms with Gasteiger partial charge in [-0.25, -0.2) is 8.42 Å². The molecule has 0 bridgehead atoms. The summed E-state index contributed by atoms with van der Waals surface area (Å²) in [6.45, 7) is 2.53. The quantitative estimate of drug-likeness (QED) is 0.532. The van der Waals surface area contributed by atoms with E-state index >= 15 is 0 Å². The van der Waals surface area contributed by atoms with Gasteiger partial charge in [-0.15, -0.1) is 0 Å². The van der Waals surface area contributed by atoms with Crippen LogP contribution in [0, 0.1) is 0 Å². The molecule has 0 aliphatic heterocycles. The Morgan fingerprint density at radius 1 is 1.00 bits per heavy atom. The average molecular weight is 299 g/mol. The third kappa shape index (κ3) is 7.38. The Morgan fingerprint density at radius 3 is 2.30 bits per heavy atom. The number of sulfone groups is 1. The first-order valence-electron chi connectivity index (χ1n) is 7.22. The molecule has 4 nitrogen and oxygen atoms in total. The first-order chi connectivity index (χ1) is 9.53. The van der Waals surface area contributed by atoms with Crippen LogP contribution in [0.2, 0.25) is 0 Å². The van der Waals surface area contributed by atoms with E-state index in [1.54, 1.807) is 24.3 Å². The Labute approximate surface area is 122 Å². The van der Waals surface area contributed by atoms with Gasteiger partial charge in [0.2, 0.25) is 0 Å². The maximum Gasteiger partial charge on any atom is 0.150 e. The molecule has 0 amide bonds. The van der Waals surface area contributed by atoms with Crippen LogP contribution in [0.15, 0.2) is 24.3 Å². The maximum atomic E-state index is 11.8. The lowest BCUT2D eigenvalue weighted by molar-refractivity contribution is 0.317. The monoisotopic (exact) mass is 299 g/mol. The highest BCUT2D eigenvalue weighted by atomic mass is 32.2. The highest BCUT2D eigenvalue weighted by Crippen LogP contribution is 2.13. The first kappa shape index (κ1) is 16.8. The largest absolute Gasteiger partial charge is 0.494 e. The molecule has 0 fully saturated rings. The molecule has 0 aliphatic rings. The molecule has 0 atom stereocenters. The van der Waals surface area contributed by atoms with Crippen molar-refractivity contribution in [2.45, 2.75) is 39.0 Å². The fraction of sp³-hybridized carbons (Fsp3) is 0.600. The summed E-state index contributed by atoms with van der Waals surface area (Å²) in [5.41, 5.74) is 6.26. The second-order valence-corrected chi connectivity index (χ2v) is 7.29. The van der Waals surface area contributed by atoms with E-state index < -0.39 is 9.84 Å². The van der Waals surface area contributed by atoms with Gasteiger partial charge < -0.3 is 10.5 Å². The summed E-state index contributed by atoms with van der Waals surface area (Å²) in [4.78, 5) is 0. The van der Waals surface area contributed by atoms with E-state index in [9.17, 15) is 8.42 Å². The molecule has 0 unspecified atom stereocenters. The van der Waals surface area contributed by atoms with Gasteiger partial charge in [0, 0.05) is 5.69 Å². The molecule has 0 saturated heterocycles. The molecule has 2 N–H and O–H groups in total. The molecule has 1 rings (SSSR count). The van der Waals surface area contributed by atoms with Crippen LogP contribution < -0.4 is 10.5 Å². The minimum absolute atomic E-state index is 0.202.